The van der Waals surface area contributed by atoms with Gasteiger partial charge in [0.15, 0.2) is 0 Å². The van der Waals surface area contributed by atoms with Crippen LogP contribution in [0.25, 0.3) is 0 Å². The number of thiazole rings is 1. The van der Waals surface area contributed by atoms with Crippen molar-refractivity contribution in [2.45, 2.75) is 39.4 Å². The molecule has 0 saturated heterocycles. The van der Waals surface area contributed by atoms with Gasteiger partial charge in [0.1, 0.15) is 5.01 Å². The molecule has 2 aromatic rings. The quantitative estimate of drug-likeness (QED) is 0.895. The molecule has 1 aliphatic heterocycles. The molecule has 5 nitrogen and oxygen atoms in total. The van der Waals surface area contributed by atoms with Crippen molar-refractivity contribution in [3.8, 4) is 0 Å². The summed E-state index contributed by atoms with van der Waals surface area (Å²) in [5, 5.41) is 9.76. The van der Waals surface area contributed by atoms with Crippen LogP contribution >= 0.6 is 11.3 Å². The Balaban J connectivity index is 1.69. The Morgan fingerprint density at radius 1 is 1.47 bits per heavy atom. The predicted octanol–water partition coefficient (Wildman–Crippen LogP) is 1.89. The predicted molar refractivity (Wildman–Crippen MR) is 76.2 cm³/mol. The molecule has 19 heavy (non-hydrogen) atoms. The fourth-order valence-electron chi connectivity index (χ4n) is 2.16. The Hall–Kier alpha value is -1.53. The first-order chi connectivity index (χ1) is 9.20. The molecule has 3 heterocycles. The Kier molecular flexibility index (Phi) is 3.44. The molecule has 0 aromatic carbocycles. The third-order valence-corrected chi connectivity index (χ3v) is 4.13. The number of nitrogens with one attached hydrogen (secondary N) is 2. The summed E-state index contributed by atoms with van der Waals surface area (Å²) >= 11 is 1.66. The van der Waals surface area contributed by atoms with Crippen LogP contribution in [0.1, 0.15) is 28.9 Å². The molecule has 0 radical (unpaired) electrons. The SMILES string of the molecule is Cc1csc(CNc2ncc3c(n2)CN[C@H](C)C3)n1. The van der Waals surface area contributed by atoms with Gasteiger partial charge in [0.05, 0.1) is 12.2 Å². The van der Waals surface area contributed by atoms with E-state index in [4.69, 9.17) is 0 Å². The monoisotopic (exact) mass is 275 g/mol. The number of hydrogen-bond donors (Lipinski definition) is 2. The first-order valence-electron chi connectivity index (χ1n) is 6.44. The van der Waals surface area contributed by atoms with Crippen LogP contribution < -0.4 is 10.6 Å². The van der Waals surface area contributed by atoms with Gasteiger partial charge in [0.25, 0.3) is 0 Å². The normalized spacial score (nSPS) is 18.1. The average molecular weight is 275 g/mol. The number of rotatable bonds is 3. The zero-order valence-electron chi connectivity index (χ0n) is 11.1. The van der Waals surface area contributed by atoms with Crippen LogP contribution in [-0.2, 0) is 19.5 Å². The standard InChI is InChI=1S/C13H17N5S/c1-8-3-10-4-15-13(18-11(10)5-14-8)16-6-12-17-9(2)7-19-12/h4,7-8,14H,3,5-6H2,1-2H3,(H,15,16,18)/t8-/m1/s1. The van der Waals surface area contributed by atoms with Crippen molar-refractivity contribution in [1.29, 1.82) is 0 Å². The van der Waals surface area contributed by atoms with E-state index in [0.29, 0.717) is 18.5 Å². The Bertz CT molecular complexity index is 580. The second kappa shape index (κ2) is 5.22. The van der Waals surface area contributed by atoms with Gasteiger partial charge in [-0.3, -0.25) is 0 Å². The van der Waals surface area contributed by atoms with Crippen molar-refractivity contribution in [2.24, 2.45) is 0 Å². The molecular formula is C13H17N5S. The lowest BCUT2D eigenvalue weighted by atomic mass is 10.0. The highest BCUT2D eigenvalue weighted by molar-refractivity contribution is 7.09. The van der Waals surface area contributed by atoms with Gasteiger partial charge in [-0.25, -0.2) is 15.0 Å². The van der Waals surface area contributed by atoms with Crippen LogP contribution in [0, 0.1) is 6.92 Å². The number of aryl methyl sites for hydroxylation is 1. The maximum atomic E-state index is 4.56. The number of anilines is 1. The summed E-state index contributed by atoms with van der Waals surface area (Å²) in [7, 11) is 0. The molecule has 3 rings (SSSR count). The Morgan fingerprint density at radius 2 is 2.37 bits per heavy atom. The summed E-state index contributed by atoms with van der Waals surface area (Å²) in [4.78, 5) is 13.3. The van der Waals surface area contributed by atoms with E-state index >= 15 is 0 Å². The molecule has 1 aliphatic rings. The minimum atomic E-state index is 0.508. The van der Waals surface area contributed by atoms with Gasteiger partial charge in [0.2, 0.25) is 5.95 Å². The number of nitrogens with zero attached hydrogens (tertiary/aromatic N) is 3. The minimum absolute atomic E-state index is 0.508. The van der Waals surface area contributed by atoms with Crippen LogP contribution in [0.3, 0.4) is 0 Å². The van der Waals surface area contributed by atoms with Crippen molar-refractivity contribution < 1.29 is 0 Å². The molecule has 100 valence electrons. The molecule has 1 atom stereocenters. The lowest BCUT2D eigenvalue weighted by molar-refractivity contribution is 0.503. The van der Waals surface area contributed by atoms with Crippen LogP contribution in [0.4, 0.5) is 5.95 Å². The fraction of sp³-hybridized carbons (Fsp3) is 0.462. The third kappa shape index (κ3) is 2.90. The van der Waals surface area contributed by atoms with Gasteiger partial charge in [0, 0.05) is 29.9 Å². The number of fused-ring (bicyclic) bond motifs is 1. The van der Waals surface area contributed by atoms with Crippen LogP contribution in [0.5, 0.6) is 0 Å². The summed E-state index contributed by atoms with van der Waals surface area (Å²) in [6.07, 6.45) is 2.94. The van der Waals surface area contributed by atoms with Gasteiger partial charge < -0.3 is 10.6 Å². The summed E-state index contributed by atoms with van der Waals surface area (Å²) in [5.74, 6) is 0.683. The van der Waals surface area contributed by atoms with Gasteiger partial charge in [-0.1, -0.05) is 0 Å². The Morgan fingerprint density at radius 3 is 3.16 bits per heavy atom. The van der Waals surface area contributed by atoms with E-state index in [1.165, 1.54) is 5.56 Å². The molecule has 0 spiro atoms. The van der Waals surface area contributed by atoms with Crippen molar-refractivity contribution in [3.63, 3.8) is 0 Å². The van der Waals surface area contributed by atoms with Crippen LogP contribution in [0.15, 0.2) is 11.6 Å². The van der Waals surface area contributed by atoms with Crippen molar-refractivity contribution in [2.75, 3.05) is 5.32 Å². The van der Waals surface area contributed by atoms with Crippen molar-refractivity contribution in [1.82, 2.24) is 20.3 Å². The molecule has 0 amide bonds. The molecule has 2 N–H and O–H groups in total. The zero-order valence-corrected chi connectivity index (χ0v) is 11.9. The highest BCUT2D eigenvalue weighted by atomic mass is 32.1. The average Bonchev–Trinajstić information content (AvgIpc) is 2.82. The summed E-state index contributed by atoms with van der Waals surface area (Å²) < 4.78 is 0. The lowest BCUT2D eigenvalue weighted by Gasteiger charge is -2.22. The second-order valence-corrected chi connectivity index (χ2v) is 5.83. The molecule has 0 saturated carbocycles. The highest BCUT2D eigenvalue weighted by Crippen LogP contribution is 2.16. The van der Waals surface area contributed by atoms with E-state index in [0.717, 1.165) is 29.4 Å². The fourth-order valence-corrected chi connectivity index (χ4v) is 2.87. The maximum absolute atomic E-state index is 4.56. The van der Waals surface area contributed by atoms with E-state index < -0.39 is 0 Å². The van der Waals surface area contributed by atoms with E-state index in [2.05, 4.69) is 37.9 Å². The largest absolute Gasteiger partial charge is 0.348 e. The van der Waals surface area contributed by atoms with E-state index in [1.54, 1.807) is 11.3 Å². The lowest BCUT2D eigenvalue weighted by Crippen LogP contribution is -2.33. The smallest absolute Gasteiger partial charge is 0.223 e. The highest BCUT2D eigenvalue weighted by Gasteiger charge is 2.16. The Labute approximate surface area is 116 Å². The zero-order chi connectivity index (χ0) is 13.2. The third-order valence-electron chi connectivity index (χ3n) is 3.16. The molecular weight excluding hydrogens is 258 g/mol. The molecule has 0 unspecified atom stereocenters. The van der Waals surface area contributed by atoms with Gasteiger partial charge in [-0.15, -0.1) is 11.3 Å². The number of aromatic nitrogens is 3. The van der Waals surface area contributed by atoms with Gasteiger partial charge in [-0.2, -0.15) is 0 Å². The van der Waals surface area contributed by atoms with Crippen molar-refractivity contribution in [3.05, 3.63) is 33.5 Å². The summed E-state index contributed by atoms with van der Waals surface area (Å²) in [6.45, 7) is 5.69. The summed E-state index contributed by atoms with van der Waals surface area (Å²) in [5.41, 5.74) is 3.42. The van der Waals surface area contributed by atoms with Crippen molar-refractivity contribution >= 4 is 17.3 Å². The van der Waals surface area contributed by atoms with Crippen LogP contribution in [0.2, 0.25) is 0 Å². The minimum Gasteiger partial charge on any atom is -0.348 e. The first-order valence-corrected chi connectivity index (χ1v) is 7.32. The van der Waals surface area contributed by atoms with E-state index in [-0.39, 0.29) is 0 Å². The molecule has 0 fully saturated rings. The van der Waals surface area contributed by atoms with E-state index in [9.17, 15) is 0 Å². The molecule has 0 aliphatic carbocycles. The van der Waals surface area contributed by atoms with Gasteiger partial charge >= 0.3 is 0 Å². The molecule has 6 heteroatoms. The maximum Gasteiger partial charge on any atom is 0.223 e. The van der Waals surface area contributed by atoms with E-state index in [1.807, 2.05) is 13.1 Å². The summed E-state index contributed by atoms with van der Waals surface area (Å²) in [6, 6.07) is 0.508. The number of hydrogen-bond acceptors (Lipinski definition) is 6. The second-order valence-electron chi connectivity index (χ2n) is 4.89. The molecule has 0 bridgehead atoms. The van der Waals surface area contributed by atoms with Gasteiger partial charge in [-0.05, 0) is 25.8 Å². The first kappa shape index (κ1) is 12.5. The topological polar surface area (TPSA) is 62.7 Å². The van der Waals surface area contributed by atoms with Crippen LogP contribution in [-0.4, -0.2) is 21.0 Å². The molecule has 2 aromatic heterocycles.